The molecule has 1 fully saturated rings. The third-order valence-corrected chi connectivity index (χ3v) is 8.49. The van der Waals surface area contributed by atoms with Gasteiger partial charge in [0.05, 0.1) is 5.02 Å². The van der Waals surface area contributed by atoms with Gasteiger partial charge in [0.2, 0.25) is 0 Å². The van der Waals surface area contributed by atoms with E-state index in [4.69, 9.17) is 11.6 Å². The van der Waals surface area contributed by atoms with Crippen molar-refractivity contribution >= 4 is 63.7 Å². The molecule has 1 aliphatic rings. The molecule has 5 rings (SSSR count). The number of carbonyl (C=O) groups excluding carboxylic acids is 1. The average Bonchev–Trinajstić information content (AvgIpc) is 3.24. The van der Waals surface area contributed by atoms with Gasteiger partial charge in [0, 0.05) is 41.1 Å². The zero-order valence-electron chi connectivity index (χ0n) is 21.0. The molecule has 1 amide bonds. The summed E-state index contributed by atoms with van der Waals surface area (Å²) in [6.07, 6.45) is 7.74. The number of carbonyl (C=O) groups is 1. The molecule has 4 aromatic rings. The minimum atomic E-state index is 0. The van der Waals surface area contributed by atoms with Crippen molar-refractivity contribution in [3.05, 3.63) is 88.5 Å². The molecule has 1 aliphatic carbocycles. The maximum atomic E-state index is 14.0. The monoisotopic (exact) mass is 597 g/mol. The van der Waals surface area contributed by atoms with E-state index < -0.39 is 0 Å². The van der Waals surface area contributed by atoms with Crippen LogP contribution in [0.2, 0.25) is 5.02 Å². The minimum Gasteiger partial charge on any atom is -0.412 e. The smallest absolute Gasteiger partial charge is 0.266 e. The molecular formula is C28H34Cl3N3O3S. The second-order valence-electron chi connectivity index (χ2n) is 8.90. The summed E-state index contributed by atoms with van der Waals surface area (Å²) in [6, 6.07) is 21.2. The Morgan fingerprint density at radius 2 is 1.66 bits per heavy atom. The Morgan fingerprint density at radius 1 is 0.974 bits per heavy atom. The Bertz CT molecular complexity index is 1300. The number of amides is 1. The van der Waals surface area contributed by atoms with Crippen LogP contribution in [0.5, 0.6) is 0 Å². The number of nitrogens with one attached hydrogen (secondary N) is 1. The molecule has 6 nitrogen and oxygen atoms in total. The minimum absolute atomic E-state index is 0. The van der Waals surface area contributed by atoms with Gasteiger partial charge in [-0.05, 0) is 73.7 Å². The fourth-order valence-electron chi connectivity index (χ4n) is 4.92. The topological polar surface area (TPSA) is 108 Å². The number of nitrogens with zero attached hydrogens (tertiary/aromatic N) is 2. The molecule has 0 saturated heterocycles. The van der Waals surface area contributed by atoms with Crippen LogP contribution >= 0.6 is 47.8 Å². The molecule has 206 valence electrons. The highest BCUT2D eigenvalue weighted by Crippen LogP contribution is 2.37. The van der Waals surface area contributed by atoms with Crippen LogP contribution in [0, 0.1) is 0 Å². The van der Waals surface area contributed by atoms with Gasteiger partial charge in [-0.2, -0.15) is 0 Å². The molecule has 2 aromatic heterocycles. The van der Waals surface area contributed by atoms with E-state index in [1.807, 2.05) is 55.8 Å². The van der Waals surface area contributed by atoms with E-state index in [1.54, 1.807) is 0 Å². The first-order valence-electron chi connectivity index (χ1n) is 11.8. The molecule has 10 heteroatoms. The number of halogens is 3. The van der Waals surface area contributed by atoms with Crippen LogP contribution in [-0.2, 0) is 6.54 Å². The van der Waals surface area contributed by atoms with E-state index in [1.165, 1.54) is 11.3 Å². The van der Waals surface area contributed by atoms with Crippen LogP contribution in [0.1, 0.15) is 40.9 Å². The zero-order valence-corrected chi connectivity index (χ0v) is 24.2. The lowest BCUT2D eigenvalue weighted by molar-refractivity contribution is 0.0606. The number of thiophene rings is 1. The van der Waals surface area contributed by atoms with Crippen molar-refractivity contribution in [3.63, 3.8) is 0 Å². The molecule has 0 radical (unpaired) electrons. The Labute approximate surface area is 244 Å². The fraction of sp³-hybridized carbons (Fsp3) is 0.286. The molecule has 1 saturated carbocycles. The maximum absolute atomic E-state index is 14.0. The number of aromatic nitrogens is 1. The van der Waals surface area contributed by atoms with Crippen LogP contribution < -0.4 is 5.32 Å². The first kappa shape index (κ1) is 33.8. The van der Waals surface area contributed by atoms with Crippen molar-refractivity contribution in [3.8, 4) is 11.1 Å². The quantitative estimate of drug-likeness (QED) is 0.295. The summed E-state index contributed by atoms with van der Waals surface area (Å²) in [5.74, 6) is 0.0356. The Balaban J connectivity index is 0.00000180. The van der Waals surface area contributed by atoms with Crippen LogP contribution in [0.4, 0.5) is 0 Å². The van der Waals surface area contributed by atoms with E-state index in [-0.39, 0.29) is 47.7 Å². The van der Waals surface area contributed by atoms with Gasteiger partial charge in [0.1, 0.15) is 4.88 Å². The predicted octanol–water partition coefficient (Wildman–Crippen LogP) is 5.98. The van der Waals surface area contributed by atoms with Gasteiger partial charge in [-0.15, -0.1) is 36.2 Å². The van der Waals surface area contributed by atoms with Gasteiger partial charge in [0.15, 0.2) is 0 Å². The zero-order chi connectivity index (χ0) is 23.5. The summed E-state index contributed by atoms with van der Waals surface area (Å²) < 4.78 is 1.05. The van der Waals surface area contributed by atoms with Crippen molar-refractivity contribution < 1.29 is 15.7 Å². The normalized spacial score (nSPS) is 16.3. The summed E-state index contributed by atoms with van der Waals surface area (Å²) in [6.45, 7) is 0.567. The number of hydrogen-bond acceptors (Lipinski definition) is 4. The van der Waals surface area contributed by atoms with E-state index >= 15 is 0 Å². The van der Waals surface area contributed by atoms with Crippen molar-refractivity contribution in [2.75, 3.05) is 7.05 Å². The second kappa shape index (κ2) is 15.4. The van der Waals surface area contributed by atoms with Crippen LogP contribution in [0.15, 0.2) is 73.1 Å². The van der Waals surface area contributed by atoms with E-state index in [0.29, 0.717) is 22.5 Å². The van der Waals surface area contributed by atoms with E-state index in [0.717, 1.165) is 52.5 Å². The number of fused-ring (bicyclic) bond motifs is 1. The lowest BCUT2D eigenvalue weighted by Crippen LogP contribution is -2.44. The third kappa shape index (κ3) is 7.24. The molecule has 0 atom stereocenters. The highest BCUT2D eigenvalue weighted by atomic mass is 35.5. The molecular weight excluding hydrogens is 565 g/mol. The van der Waals surface area contributed by atoms with Crippen LogP contribution in [0.3, 0.4) is 0 Å². The first-order chi connectivity index (χ1) is 16.6. The summed E-state index contributed by atoms with van der Waals surface area (Å²) in [7, 11) is 2.02. The molecule has 2 heterocycles. The van der Waals surface area contributed by atoms with Crippen molar-refractivity contribution in [2.45, 2.75) is 44.3 Å². The molecule has 5 N–H and O–H groups in total. The molecule has 0 bridgehead atoms. The van der Waals surface area contributed by atoms with Crippen molar-refractivity contribution in [2.24, 2.45) is 0 Å². The van der Waals surface area contributed by atoms with Gasteiger partial charge in [-0.3, -0.25) is 9.78 Å². The maximum Gasteiger partial charge on any atom is 0.266 e. The summed E-state index contributed by atoms with van der Waals surface area (Å²) in [5.41, 5.74) is 3.37. The Kier molecular flexibility index (Phi) is 13.7. The molecule has 0 spiro atoms. The SMILES string of the molecule is CNC1CCC(N(Cc2cccc(-c3ccncc3)c2)C(=O)c2sc3ccccc3c2Cl)CC1.Cl.Cl.O.O. The standard InChI is InChI=1S/C28H28ClN3OS.2ClH.2H2O/c1-30-22-9-11-23(12-10-22)32(28(33)27-26(29)24-7-2-3-8-25(24)34-27)18-19-5-4-6-21(17-19)20-13-15-31-16-14-20;;;;/h2-8,13-17,22-23,30H,9-12,18H2,1H3;2*1H;2*1H2. The molecule has 38 heavy (non-hydrogen) atoms. The highest BCUT2D eigenvalue weighted by molar-refractivity contribution is 7.21. The molecule has 2 aromatic carbocycles. The van der Waals surface area contributed by atoms with Crippen molar-refractivity contribution in [1.82, 2.24) is 15.2 Å². The van der Waals surface area contributed by atoms with E-state index in [9.17, 15) is 4.79 Å². The summed E-state index contributed by atoms with van der Waals surface area (Å²) >= 11 is 8.23. The van der Waals surface area contributed by atoms with Crippen LogP contribution in [0.25, 0.3) is 21.2 Å². The summed E-state index contributed by atoms with van der Waals surface area (Å²) in [5, 5.41) is 4.93. The Morgan fingerprint density at radius 3 is 2.32 bits per heavy atom. The fourth-order valence-corrected chi connectivity index (χ4v) is 6.38. The predicted molar refractivity (Wildman–Crippen MR) is 163 cm³/mol. The number of pyridine rings is 1. The molecule has 0 unspecified atom stereocenters. The van der Waals surface area contributed by atoms with Gasteiger partial charge >= 0.3 is 0 Å². The lowest BCUT2D eigenvalue weighted by atomic mass is 9.89. The number of benzene rings is 2. The van der Waals surface area contributed by atoms with Gasteiger partial charge < -0.3 is 21.2 Å². The molecule has 0 aliphatic heterocycles. The first-order valence-corrected chi connectivity index (χ1v) is 13.0. The van der Waals surface area contributed by atoms with Crippen molar-refractivity contribution in [1.29, 1.82) is 0 Å². The van der Waals surface area contributed by atoms with Gasteiger partial charge in [0.25, 0.3) is 5.91 Å². The van der Waals surface area contributed by atoms with Crippen LogP contribution in [-0.4, -0.2) is 45.9 Å². The number of hydrogen-bond donors (Lipinski definition) is 1. The lowest BCUT2D eigenvalue weighted by Gasteiger charge is -2.37. The number of rotatable bonds is 6. The largest absolute Gasteiger partial charge is 0.412 e. The van der Waals surface area contributed by atoms with Gasteiger partial charge in [-0.25, -0.2) is 0 Å². The Hall–Kier alpha value is -2.23. The highest BCUT2D eigenvalue weighted by Gasteiger charge is 2.31. The second-order valence-corrected chi connectivity index (χ2v) is 10.3. The third-order valence-electron chi connectivity index (χ3n) is 6.83. The summed E-state index contributed by atoms with van der Waals surface area (Å²) in [4.78, 5) is 20.8. The van der Waals surface area contributed by atoms with Gasteiger partial charge in [-0.1, -0.05) is 48.0 Å². The van der Waals surface area contributed by atoms with E-state index in [2.05, 4.69) is 39.5 Å². The average molecular weight is 599 g/mol.